The minimum Gasteiger partial charge on any atom is -0.390 e. The molecule has 1 heterocycles. The lowest BCUT2D eigenvalue weighted by Gasteiger charge is -2.36. The lowest BCUT2D eigenvalue weighted by molar-refractivity contribution is -0.137. The summed E-state index contributed by atoms with van der Waals surface area (Å²) in [5.74, 6) is -0.762. The molecule has 0 aliphatic carbocycles. The van der Waals surface area contributed by atoms with E-state index >= 15 is 0 Å². The van der Waals surface area contributed by atoms with Crippen molar-refractivity contribution >= 4 is 11.8 Å². The van der Waals surface area contributed by atoms with Crippen molar-refractivity contribution in [3.8, 4) is 0 Å². The monoisotopic (exact) mass is 373 g/mol. The Kier molecular flexibility index (Phi) is 6.25. The zero-order chi connectivity index (χ0) is 19.5. The van der Waals surface area contributed by atoms with Crippen molar-refractivity contribution in [1.29, 1.82) is 0 Å². The first-order chi connectivity index (χ1) is 12.1. The van der Waals surface area contributed by atoms with Crippen LogP contribution in [-0.2, 0) is 11.0 Å². The molecule has 0 spiro atoms. The second-order valence-electron chi connectivity index (χ2n) is 6.54. The molecule has 0 saturated carbocycles. The summed E-state index contributed by atoms with van der Waals surface area (Å²) in [6, 6.07) is 3.56. The van der Waals surface area contributed by atoms with Crippen LogP contribution in [0.25, 0.3) is 0 Å². The van der Waals surface area contributed by atoms with Crippen LogP contribution in [0.1, 0.15) is 22.3 Å². The molecule has 0 aromatic heterocycles. The van der Waals surface area contributed by atoms with Crippen molar-refractivity contribution in [2.75, 3.05) is 33.7 Å². The highest BCUT2D eigenvalue weighted by atomic mass is 19.4. The van der Waals surface area contributed by atoms with Gasteiger partial charge in [-0.25, -0.2) is 0 Å². The number of amides is 2. The van der Waals surface area contributed by atoms with Crippen molar-refractivity contribution in [2.24, 2.45) is 0 Å². The number of likely N-dealkylation sites (tertiary alicyclic amines) is 1. The first-order valence-electron chi connectivity index (χ1n) is 8.16. The molecule has 144 valence electrons. The predicted octanol–water partition coefficient (Wildman–Crippen LogP) is 0.959. The average molecular weight is 373 g/mol. The molecule has 9 heteroatoms. The molecular weight excluding hydrogens is 351 g/mol. The van der Waals surface area contributed by atoms with Gasteiger partial charge >= 0.3 is 6.18 Å². The highest BCUT2D eigenvalue weighted by Crippen LogP contribution is 2.29. The molecule has 2 amide bonds. The number of halogens is 3. The largest absolute Gasteiger partial charge is 0.416 e. The molecule has 1 aliphatic rings. The van der Waals surface area contributed by atoms with Crippen LogP contribution in [0.5, 0.6) is 0 Å². The molecule has 6 nitrogen and oxygen atoms in total. The molecule has 1 aromatic rings. The summed E-state index contributed by atoms with van der Waals surface area (Å²) in [6.45, 7) is 0.857. The maximum Gasteiger partial charge on any atom is 0.416 e. The summed E-state index contributed by atoms with van der Waals surface area (Å²) in [6.07, 6.45) is -5.04. The van der Waals surface area contributed by atoms with Crippen LogP contribution in [0, 0.1) is 0 Å². The second kappa shape index (κ2) is 8.05. The van der Waals surface area contributed by atoms with Gasteiger partial charge in [0, 0.05) is 32.7 Å². The first kappa shape index (κ1) is 20.2. The molecule has 0 bridgehead atoms. The average Bonchev–Trinajstić information content (AvgIpc) is 2.56. The summed E-state index contributed by atoms with van der Waals surface area (Å²) >= 11 is 0. The third kappa shape index (κ3) is 5.18. The number of carbonyl (C=O) groups is 2. The van der Waals surface area contributed by atoms with E-state index in [0.717, 1.165) is 12.1 Å². The molecule has 2 atom stereocenters. The topological polar surface area (TPSA) is 72.9 Å². The van der Waals surface area contributed by atoms with E-state index in [1.807, 2.05) is 0 Å². The van der Waals surface area contributed by atoms with Crippen molar-refractivity contribution in [3.63, 3.8) is 0 Å². The second-order valence-corrected chi connectivity index (χ2v) is 6.54. The minimum absolute atomic E-state index is 0.0938. The fourth-order valence-corrected chi connectivity index (χ4v) is 2.73. The van der Waals surface area contributed by atoms with Crippen LogP contribution in [-0.4, -0.2) is 72.6 Å². The molecule has 1 saturated heterocycles. The molecule has 1 aliphatic heterocycles. The normalized spacial score (nSPS) is 21.3. The number of carbonyl (C=O) groups excluding carboxylic acids is 2. The molecule has 0 radical (unpaired) electrons. The Labute approximate surface area is 149 Å². The number of likely N-dealkylation sites (N-methyl/N-ethyl adjacent to an activating group) is 1. The smallest absolute Gasteiger partial charge is 0.390 e. The van der Waals surface area contributed by atoms with Gasteiger partial charge < -0.3 is 15.3 Å². The lowest BCUT2D eigenvalue weighted by Crippen LogP contribution is -2.55. The third-order valence-electron chi connectivity index (χ3n) is 4.29. The number of alkyl halides is 3. The molecule has 1 aromatic carbocycles. The van der Waals surface area contributed by atoms with E-state index in [2.05, 4.69) is 5.32 Å². The molecule has 26 heavy (non-hydrogen) atoms. The number of nitrogens with zero attached hydrogens (tertiary/aromatic N) is 2. The molecule has 1 fully saturated rings. The number of aliphatic hydroxyl groups excluding tert-OH is 1. The van der Waals surface area contributed by atoms with Crippen molar-refractivity contribution in [3.05, 3.63) is 35.4 Å². The zero-order valence-corrected chi connectivity index (χ0v) is 14.6. The van der Waals surface area contributed by atoms with Gasteiger partial charge in [-0.1, -0.05) is 6.07 Å². The number of rotatable bonds is 4. The van der Waals surface area contributed by atoms with E-state index in [0.29, 0.717) is 13.0 Å². The van der Waals surface area contributed by atoms with Gasteiger partial charge in [0.2, 0.25) is 5.91 Å². The lowest BCUT2D eigenvalue weighted by atomic mass is 10.0. The number of β-amino-alcohol motifs (C(OH)–C–C–N with tert-alkyl or cyclic N) is 1. The Morgan fingerprint density at radius 1 is 1.35 bits per heavy atom. The van der Waals surface area contributed by atoms with Gasteiger partial charge in [0.05, 0.1) is 24.3 Å². The summed E-state index contributed by atoms with van der Waals surface area (Å²) in [7, 11) is 3.28. The molecule has 2 rings (SSSR count). The number of aliphatic hydroxyl groups is 1. The van der Waals surface area contributed by atoms with E-state index in [-0.39, 0.29) is 24.6 Å². The summed E-state index contributed by atoms with van der Waals surface area (Å²) in [5, 5.41) is 12.8. The van der Waals surface area contributed by atoms with Crippen LogP contribution in [0.2, 0.25) is 0 Å². The number of benzene rings is 1. The van der Waals surface area contributed by atoms with Crippen LogP contribution in [0.4, 0.5) is 13.2 Å². The predicted molar refractivity (Wildman–Crippen MR) is 88.5 cm³/mol. The van der Waals surface area contributed by atoms with E-state index in [4.69, 9.17) is 0 Å². The van der Waals surface area contributed by atoms with Gasteiger partial charge in [-0.3, -0.25) is 14.5 Å². The fourth-order valence-electron chi connectivity index (χ4n) is 2.73. The van der Waals surface area contributed by atoms with Crippen LogP contribution < -0.4 is 5.32 Å². The number of nitrogens with one attached hydrogen (secondary N) is 1. The van der Waals surface area contributed by atoms with Gasteiger partial charge in [-0.05, 0) is 24.6 Å². The highest BCUT2D eigenvalue weighted by Gasteiger charge is 2.32. The summed E-state index contributed by atoms with van der Waals surface area (Å²) < 4.78 is 38.2. The highest BCUT2D eigenvalue weighted by molar-refractivity contribution is 5.94. The maximum atomic E-state index is 12.7. The Morgan fingerprint density at radius 2 is 2.04 bits per heavy atom. The zero-order valence-electron chi connectivity index (χ0n) is 14.6. The Balaban J connectivity index is 1.95. The van der Waals surface area contributed by atoms with Crippen LogP contribution in [0.3, 0.4) is 0 Å². The van der Waals surface area contributed by atoms with E-state index in [1.165, 1.54) is 17.0 Å². The summed E-state index contributed by atoms with van der Waals surface area (Å²) in [5.41, 5.74) is -1.01. The van der Waals surface area contributed by atoms with Gasteiger partial charge in [0.25, 0.3) is 5.91 Å². The number of hydrogen-bond acceptors (Lipinski definition) is 4. The standard InChI is InChI=1S/C17H22F3N3O3/c1-22(2)15(25)10-23-7-6-13(14(24)9-23)21-16(26)11-4-3-5-12(8-11)17(18,19)20/h3-5,8,13-14,24H,6-7,9-10H2,1-2H3,(H,21,26)/t13-,14-/m1/s1. The van der Waals surface area contributed by atoms with Crippen molar-refractivity contribution in [2.45, 2.75) is 24.7 Å². The first-order valence-corrected chi connectivity index (χ1v) is 8.16. The van der Waals surface area contributed by atoms with Crippen LogP contribution in [0.15, 0.2) is 24.3 Å². The Hall–Kier alpha value is -2.13. The van der Waals surface area contributed by atoms with Crippen molar-refractivity contribution in [1.82, 2.24) is 15.1 Å². The fraction of sp³-hybridized carbons (Fsp3) is 0.529. The van der Waals surface area contributed by atoms with Crippen molar-refractivity contribution < 1.29 is 27.9 Å². The van der Waals surface area contributed by atoms with Gasteiger partial charge in [-0.15, -0.1) is 0 Å². The maximum absolute atomic E-state index is 12.7. The molecular formula is C17H22F3N3O3. The third-order valence-corrected chi connectivity index (χ3v) is 4.29. The summed E-state index contributed by atoms with van der Waals surface area (Å²) in [4.78, 5) is 27.2. The quantitative estimate of drug-likeness (QED) is 0.825. The minimum atomic E-state index is -4.53. The van der Waals surface area contributed by atoms with Gasteiger partial charge in [0.15, 0.2) is 0 Å². The molecule has 2 N–H and O–H groups in total. The van der Waals surface area contributed by atoms with E-state index in [9.17, 15) is 27.9 Å². The van der Waals surface area contributed by atoms with Gasteiger partial charge in [0.1, 0.15) is 0 Å². The Morgan fingerprint density at radius 3 is 2.62 bits per heavy atom. The van der Waals surface area contributed by atoms with Gasteiger partial charge in [-0.2, -0.15) is 13.2 Å². The number of piperidine rings is 1. The Bertz CT molecular complexity index is 664. The van der Waals surface area contributed by atoms with Crippen LogP contribution >= 0.6 is 0 Å². The number of hydrogen-bond donors (Lipinski definition) is 2. The van der Waals surface area contributed by atoms with E-state index in [1.54, 1.807) is 19.0 Å². The SMILES string of the molecule is CN(C)C(=O)CN1CC[C@@H](NC(=O)c2cccc(C(F)(F)F)c2)[C@H](O)C1. The van der Waals surface area contributed by atoms with E-state index < -0.39 is 29.8 Å². The molecule has 0 unspecified atom stereocenters.